The van der Waals surface area contributed by atoms with Crippen LogP contribution in [0.1, 0.15) is 51.0 Å². The summed E-state index contributed by atoms with van der Waals surface area (Å²) < 4.78 is 5.82. The zero-order chi connectivity index (χ0) is 14.6. The molecule has 0 aliphatic carbocycles. The lowest BCUT2D eigenvalue weighted by Crippen LogP contribution is -2.11. The summed E-state index contributed by atoms with van der Waals surface area (Å²) in [7, 11) is 0. The number of rotatable bonds is 11. The third kappa shape index (κ3) is 8.31. The maximum atomic E-state index is 9.21. The summed E-state index contributed by atoms with van der Waals surface area (Å²) in [5.41, 5.74) is 1.22. The molecule has 0 saturated carbocycles. The van der Waals surface area contributed by atoms with Crippen molar-refractivity contribution in [3.8, 4) is 0 Å². The fourth-order valence-corrected chi connectivity index (χ4v) is 2.15. The van der Waals surface area contributed by atoms with Crippen LogP contribution in [0.3, 0.4) is 0 Å². The van der Waals surface area contributed by atoms with Crippen LogP contribution in [0.5, 0.6) is 0 Å². The molecule has 0 radical (unpaired) electrons. The maximum Gasteiger partial charge on any atom is 0.0770 e. The van der Waals surface area contributed by atoms with E-state index in [0.717, 1.165) is 32.1 Å². The summed E-state index contributed by atoms with van der Waals surface area (Å²) in [6.07, 6.45) is 5.96. The van der Waals surface area contributed by atoms with Crippen LogP contribution in [-0.2, 0) is 11.3 Å². The van der Waals surface area contributed by atoms with E-state index < -0.39 is 6.10 Å². The Labute approximate surface area is 122 Å². The average Bonchev–Trinajstić information content (AvgIpc) is 2.49. The first-order valence-corrected chi connectivity index (χ1v) is 7.67. The van der Waals surface area contributed by atoms with Gasteiger partial charge >= 0.3 is 0 Å². The molecule has 2 atom stereocenters. The van der Waals surface area contributed by atoms with Crippen LogP contribution in [0.25, 0.3) is 0 Å². The normalized spacial score (nSPS) is 14.2. The molecule has 0 saturated heterocycles. The number of unbranched alkanes of at least 4 members (excludes halogenated alkanes) is 3. The third-order valence-corrected chi connectivity index (χ3v) is 3.49. The summed E-state index contributed by atoms with van der Waals surface area (Å²) in [5.74, 6) is 0. The van der Waals surface area contributed by atoms with Crippen molar-refractivity contribution in [3.05, 3.63) is 35.9 Å². The zero-order valence-electron chi connectivity index (χ0n) is 12.5. The van der Waals surface area contributed by atoms with Gasteiger partial charge in [-0.1, -0.05) is 56.0 Å². The molecule has 0 fully saturated rings. The minimum atomic E-state index is -0.539. The molecule has 1 aromatic carbocycles. The molecule has 0 spiro atoms. The molecule has 114 valence electrons. The molecular formula is C17H28O3. The van der Waals surface area contributed by atoms with E-state index in [1.165, 1.54) is 5.56 Å². The SMILES string of the molecule is CC(CCCCCCC(O)CO)OCc1ccccc1. The van der Waals surface area contributed by atoms with Gasteiger partial charge < -0.3 is 14.9 Å². The molecule has 0 aromatic heterocycles. The highest BCUT2D eigenvalue weighted by atomic mass is 16.5. The lowest BCUT2D eigenvalue weighted by atomic mass is 10.1. The Bertz CT molecular complexity index is 326. The van der Waals surface area contributed by atoms with Crippen molar-refractivity contribution in [2.24, 2.45) is 0 Å². The predicted octanol–water partition coefficient (Wildman–Crippen LogP) is 3.29. The summed E-state index contributed by atoms with van der Waals surface area (Å²) >= 11 is 0. The minimum Gasteiger partial charge on any atom is -0.394 e. The maximum absolute atomic E-state index is 9.21. The summed E-state index contributed by atoms with van der Waals surface area (Å²) in [5, 5.41) is 17.9. The molecule has 0 aliphatic rings. The Morgan fingerprint density at radius 1 is 1.00 bits per heavy atom. The van der Waals surface area contributed by atoms with E-state index in [1.807, 2.05) is 18.2 Å². The predicted molar refractivity (Wildman–Crippen MR) is 81.5 cm³/mol. The first-order chi connectivity index (χ1) is 9.72. The van der Waals surface area contributed by atoms with Crippen molar-refractivity contribution in [2.75, 3.05) is 6.61 Å². The van der Waals surface area contributed by atoms with Crippen LogP contribution < -0.4 is 0 Å². The van der Waals surface area contributed by atoms with E-state index in [1.54, 1.807) is 0 Å². The van der Waals surface area contributed by atoms with Crippen LogP contribution in [0.4, 0.5) is 0 Å². The molecule has 0 aliphatic heterocycles. The zero-order valence-corrected chi connectivity index (χ0v) is 12.5. The van der Waals surface area contributed by atoms with E-state index >= 15 is 0 Å². The van der Waals surface area contributed by atoms with Crippen LogP contribution in [0.2, 0.25) is 0 Å². The molecule has 3 heteroatoms. The first kappa shape index (κ1) is 17.2. The van der Waals surface area contributed by atoms with Crippen molar-refractivity contribution < 1.29 is 14.9 Å². The van der Waals surface area contributed by atoms with Gasteiger partial charge in [0.25, 0.3) is 0 Å². The molecule has 2 unspecified atom stereocenters. The molecule has 20 heavy (non-hydrogen) atoms. The first-order valence-electron chi connectivity index (χ1n) is 7.67. The van der Waals surface area contributed by atoms with E-state index in [4.69, 9.17) is 9.84 Å². The standard InChI is InChI=1S/C17H28O3/c1-15(20-14-16-10-6-4-7-11-16)9-5-2-3-8-12-17(19)13-18/h4,6-7,10-11,15,17-19H,2-3,5,8-9,12-14H2,1H3. The topological polar surface area (TPSA) is 49.7 Å². The van der Waals surface area contributed by atoms with Crippen molar-refractivity contribution in [3.63, 3.8) is 0 Å². The molecular weight excluding hydrogens is 252 g/mol. The number of ether oxygens (including phenoxy) is 1. The fourth-order valence-electron chi connectivity index (χ4n) is 2.15. The molecule has 0 heterocycles. The molecule has 1 rings (SSSR count). The molecule has 0 amide bonds. The van der Waals surface area contributed by atoms with Crippen molar-refractivity contribution >= 4 is 0 Å². The van der Waals surface area contributed by atoms with Gasteiger partial charge in [-0.25, -0.2) is 0 Å². The van der Waals surface area contributed by atoms with E-state index in [2.05, 4.69) is 19.1 Å². The molecule has 3 nitrogen and oxygen atoms in total. The van der Waals surface area contributed by atoms with Gasteiger partial charge in [0.2, 0.25) is 0 Å². The Morgan fingerprint density at radius 3 is 2.30 bits per heavy atom. The van der Waals surface area contributed by atoms with Gasteiger partial charge in [-0.05, 0) is 25.3 Å². The number of aliphatic hydroxyl groups is 2. The summed E-state index contributed by atoms with van der Waals surface area (Å²) in [6.45, 7) is 2.69. The quantitative estimate of drug-likeness (QED) is 0.612. The number of hydrogen-bond acceptors (Lipinski definition) is 3. The number of aliphatic hydroxyl groups excluding tert-OH is 2. The average molecular weight is 280 g/mol. The minimum absolute atomic E-state index is 0.121. The van der Waals surface area contributed by atoms with E-state index in [9.17, 15) is 5.11 Å². The van der Waals surface area contributed by atoms with Crippen LogP contribution in [0.15, 0.2) is 30.3 Å². The molecule has 2 N–H and O–H groups in total. The highest BCUT2D eigenvalue weighted by Gasteiger charge is 2.04. The van der Waals surface area contributed by atoms with E-state index in [-0.39, 0.29) is 6.61 Å². The van der Waals surface area contributed by atoms with Crippen molar-refractivity contribution in [1.29, 1.82) is 0 Å². The second-order valence-corrected chi connectivity index (χ2v) is 5.44. The largest absolute Gasteiger partial charge is 0.394 e. The summed E-state index contributed by atoms with van der Waals surface area (Å²) in [4.78, 5) is 0. The van der Waals surface area contributed by atoms with Gasteiger partial charge in [0.15, 0.2) is 0 Å². The Kier molecular flexibility index (Phi) is 9.29. The van der Waals surface area contributed by atoms with Gasteiger partial charge in [0, 0.05) is 0 Å². The number of benzene rings is 1. The van der Waals surface area contributed by atoms with Crippen LogP contribution in [-0.4, -0.2) is 29.0 Å². The molecule has 0 bridgehead atoms. The smallest absolute Gasteiger partial charge is 0.0770 e. The van der Waals surface area contributed by atoms with Crippen LogP contribution >= 0.6 is 0 Å². The van der Waals surface area contributed by atoms with Gasteiger partial charge in [-0.2, -0.15) is 0 Å². The van der Waals surface area contributed by atoms with Gasteiger partial charge in [-0.3, -0.25) is 0 Å². The van der Waals surface area contributed by atoms with Gasteiger partial charge in [0.05, 0.1) is 25.4 Å². The van der Waals surface area contributed by atoms with Crippen molar-refractivity contribution in [2.45, 2.75) is 64.3 Å². The summed E-state index contributed by atoms with van der Waals surface area (Å²) in [6, 6.07) is 10.2. The highest BCUT2D eigenvalue weighted by Crippen LogP contribution is 2.12. The third-order valence-electron chi connectivity index (χ3n) is 3.49. The number of hydrogen-bond donors (Lipinski definition) is 2. The fraction of sp³-hybridized carbons (Fsp3) is 0.647. The van der Waals surface area contributed by atoms with Crippen LogP contribution in [0, 0.1) is 0 Å². The second-order valence-electron chi connectivity index (χ2n) is 5.44. The van der Waals surface area contributed by atoms with E-state index in [0.29, 0.717) is 19.1 Å². The second kappa shape index (κ2) is 10.8. The van der Waals surface area contributed by atoms with Gasteiger partial charge in [-0.15, -0.1) is 0 Å². The van der Waals surface area contributed by atoms with Gasteiger partial charge in [0.1, 0.15) is 0 Å². The lowest BCUT2D eigenvalue weighted by molar-refractivity contribution is 0.0457. The highest BCUT2D eigenvalue weighted by molar-refractivity contribution is 5.13. The lowest BCUT2D eigenvalue weighted by Gasteiger charge is -2.13. The molecule has 1 aromatic rings. The Morgan fingerprint density at radius 2 is 1.65 bits per heavy atom. The van der Waals surface area contributed by atoms with Crippen molar-refractivity contribution in [1.82, 2.24) is 0 Å². The Balaban J connectivity index is 1.96. The monoisotopic (exact) mass is 280 g/mol. The Hall–Kier alpha value is -0.900.